The zero-order chi connectivity index (χ0) is 18.4. The molecule has 1 saturated heterocycles. The SMILES string of the molecule is COC(CC1CCCN1C)N(OC)S(=O)(=O)NC(=O)c1ccccc1. The maximum absolute atomic E-state index is 12.6. The third-order valence-electron chi connectivity index (χ3n) is 4.33. The summed E-state index contributed by atoms with van der Waals surface area (Å²) >= 11 is 0. The number of hydrogen-bond acceptors (Lipinski definition) is 6. The van der Waals surface area contributed by atoms with Crippen LogP contribution in [-0.2, 0) is 19.8 Å². The second-order valence-electron chi connectivity index (χ2n) is 5.94. The molecule has 9 heteroatoms. The number of benzene rings is 1. The van der Waals surface area contributed by atoms with Gasteiger partial charge in [0.05, 0.1) is 7.11 Å². The molecule has 0 aromatic heterocycles. The van der Waals surface area contributed by atoms with Gasteiger partial charge in [-0.25, -0.2) is 4.72 Å². The Hall–Kier alpha value is -1.52. The first-order valence-electron chi connectivity index (χ1n) is 8.07. The van der Waals surface area contributed by atoms with Crippen molar-refractivity contribution in [3.63, 3.8) is 0 Å². The smallest absolute Gasteiger partial charge is 0.328 e. The molecule has 0 radical (unpaired) electrons. The normalized spacial score (nSPS) is 19.9. The summed E-state index contributed by atoms with van der Waals surface area (Å²) in [5, 5.41) is 0. The van der Waals surface area contributed by atoms with Crippen LogP contribution < -0.4 is 4.72 Å². The quantitative estimate of drug-likeness (QED) is 0.541. The molecule has 8 nitrogen and oxygen atoms in total. The van der Waals surface area contributed by atoms with Crippen molar-refractivity contribution >= 4 is 16.1 Å². The molecule has 0 saturated carbocycles. The van der Waals surface area contributed by atoms with Gasteiger partial charge in [-0.3, -0.25) is 9.63 Å². The lowest BCUT2D eigenvalue weighted by Gasteiger charge is -2.30. The van der Waals surface area contributed by atoms with Crippen molar-refractivity contribution in [3.05, 3.63) is 35.9 Å². The lowest BCUT2D eigenvalue weighted by Crippen LogP contribution is -2.50. The monoisotopic (exact) mass is 371 g/mol. The Balaban J connectivity index is 2.11. The van der Waals surface area contributed by atoms with E-state index in [0.717, 1.165) is 19.4 Å². The predicted molar refractivity (Wildman–Crippen MR) is 92.7 cm³/mol. The van der Waals surface area contributed by atoms with Crippen molar-refractivity contribution in [2.45, 2.75) is 31.5 Å². The van der Waals surface area contributed by atoms with E-state index in [9.17, 15) is 13.2 Å². The van der Waals surface area contributed by atoms with E-state index in [1.54, 1.807) is 18.2 Å². The third-order valence-corrected chi connectivity index (χ3v) is 5.63. The van der Waals surface area contributed by atoms with Gasteiger partial charge >= 0.3 is 10.2 Å². The van der Waals surface area contributed by atoms with Crippen molar-refractivity contribution in [1.29, 1.82) is 0 Å². The van der Waals surface area contributed by atoms with Gasteiger partial charge in [-0.05, 0) is 43.0 Å². The van der Waals surface area contributed by atoms with Crippen LogP contribution in [0.15, 0.2) is 30.3 Å². The van der Waals surface area contributed by atoms with Crippen LogP contribution in [0.1, 0.15) is 29.6 Å². The molecule has 1 aromatic carbocycles. The summed E-state index contributed by atoms with van der Waals surface area (Å²) in [5.74, 6) is -0.726. The van der Waals surface area contributed by atoms with Gasteiger partial charge < -0.3 is 9.64 Å². The standard InChI is InChI=1S/C16H25N3O5S/c1-18-11-7-10-14(18)12-15(23-2)19(24-3)25(21,22)17-16(20)13-8-5-4-6-9-13/h4-6,8-9,14-15H,7,10-12H2,1-3H3,(H,17,20). The van der Waals surface area contributed by atoms with E-state index in [1.807, 2.05) is 11.8 Å². The third kappa shape index (κ3) is 4.99. The van der Waals surface area contributed by atoms with Crippen LogP contribution >= 0.6 is 0 Å². The molecule has 0 spiro atoms. The Morgan fingerprint density at radius 3 is 2.56 bits per heavy atom. The van der Waals surface area contributed by atoms with Crippen molar-refractivity contribution in [2.24, 2.45) is 0 Å². The summed E-state index contributed by atoms with van der Waals surface area (Å²) in [6, 6.07) is 8.31. The lowest BCUT2D eigenvalue weighted by molar-refractivity contribution is -0.170. The van der Waals surface area contributed by atoms with Crippen molar-refractivity contribution in [3.8, 4) is 0 Å². The average molecular weight is 371 g/mol. The molecular weight excluding hydrogens is 346 g/mol. The molecule has 1 heterocycles. The molecule has 1 aliphatic heterocycles. The van der Waals surface area contributed by atoms with Gasteiger partial charge in [-0.15, -0.1) is 0 Å². The summed E-state index contributed by atoms with van der Waals surface area (Å²) in [5.41, 5.74) is 0.242. The largest absolute Gasteiger partial charge is 0.363 e. The fourth-order valence-electron chi connectivity index (χ4n) is 2.96. The summed E-state index contributed by atoms with van der Waals surface area (Å²) in [6.07, 6.45) is 1.63. The molecule has 2 rings (SSSR count). The van der Waals surface area contributed by atoms with Crippen LogP contribution in [-0.4, -0.2) is 63.8 Å². The van der Waals surface area contributed by atoms with Crippen LogP contribution in [0.5, 0.6) is 0 Å². The number of nitrogens with one attached hydrogen (secondary N) is 1. The molecule has 1 fully saturated rings. The van der Waals surface area contributed by atoms with Crippen LogP contribution in [0.4, 0.5) is 0 Å². The summed E-state index contributed by atoms with van der Waals surface area (Å²) in [4.78, 5) is 19.4. The molecule has 2 unspecified atom stereocenters. The molecule has 0 bridgehead atoms. The number of carbonyl (C=O) groups is 1. The van der Waals surface area contributed by atoms with Crippen LogP contribution in [0.25, 0.3) is 0 Å². The van der Waals surface area contributed by atoms with E-state index in [2.05, 4.69) is 4.90 Å². The minimum absolute atomic E-state index is 0.197. The second kappa shape index (κ2) is 8.72. The molecular formula is C16H25N3O5S. The van der Waals surface area contributed by atoms with Crippen molar-refractivity contribution in [1.82, 2.24) is 14.1 Å². The van der Waals surface area contributed by atoms with E-state index in [4.69, 9.17) is 9.57 Å². The molecule has 25 heavy (non-hydrogen) atoms. The fourth-order valence-corrected chi connectivity index (χ4v) is 4.08. The predicted octanol–water partition coefficient (Wildman–Crippen LogP) is 0.981. The molecule has 2 atom stereocenters. The van der Waals surface area contributed by atoms with Gasteiger partial charge in [0, 0.05) is 25.1 Å². The van der Waals surface area contributed by atoms with E-state index < -0.39 is 22.3 Å². The Bertz CT molecular complexity index is 668. The highest BCUT2D eigenvalue weighted by atomic mass is 32.2. The second-order valence-corrected chi connectivity index (χ2v) is 7.46. The number of amides is 1. The number of likely N-dealkylation sites (tertiary alicyclic amines) is 1. The van der Waals surface area contributed by atoms with Gasteiger partial charge in [0.1, 0.15) is 0 Å². The summed E-state index contributed by atoms with van der Waals surface area (Å²) in [7, 11) is 0.421. The number of ether oxygens (including phenoxy) is 1. The van der Waals surface area contributed by atoms with E-state index in [1.165, 1.54) is 26.4 Å². The first-order valence-corrected chi connectivity index (χ1v) is 9.51. The Kier molecular flexibility index (Phi) is 6.91. The maximum atomic E-state index is 12.6. The van der Waals surface area contributed by atoms with Gasteiger partial charge in [-0.2, -0.15) is 8.42 Å². The number of methoxy groups -OCH3 is 1. The highest BCUT2D eigenvalue weighted by molar-refractivity contribution is 7.87. The molecule has 1 aromatic rings. The number of hydroxylamine groups is 1. The highest BCUT2D eigenvalue weighted by Crippen LogP contribution is 2.23. The van der Waals surface area contributed by atoms with E-state index >= 15 is 0 Å². The fraction of sp³-hybridized carbons (Fsp3) is 0.562. The molecule has 0 aliphatic carbocycles. The number of hydrogen-bond donors (Lipinski definition) is 1. The summed E-state index contributed by atoms with van der Waals surface area (Å²) < 4.78 is 33.2. The van der Waals surface area contributed by atoms with Crippen LogP contribution in [0, 0.1) is 0 Å². The summed E-state index contributed by atoms with van der Waals surface area (Å²) in [6.45, 7) is 0.964. The number of rotatable bonds is 8. The lowest BCUT2D eigenvalue weighted by atomic mass is 10.1. The van der Waals surface area contributed by atoms with Gasteiger partial charge in [-0.1, -0.05) is 18.2 Å². The minimum Gasteiger partial charge on any atom is -0.363 e. The van der Waals surface area contributed by atoms with Crippen molar-refractivity contribution in [2.75, 3.05) is 27.8 Å². The Labute approximate surface area is 148 Å². The molecule has 140 valence electrons. The first-order chi connectivity index (χ1) is 11.9. The molecule has 1 N–H and O–H groups in total. The number of carbonyl (C=O) groups excluding carboxylic acids is 1. The molecule has 1 aliphatic rings. The first kappa shape index (κ1) is 19.8. The van der Waals surface area contributed by atoms with Crippen LogP contribution in [0.2, 0.25) is 0 Å². The van der Waals surface area contributed by atoms with Gasteiger partial charge in [0.25, 0.3) is 5.91 Å². The average Bonchev–Trinajstić information content (AvgIpc) is 2.99. The van der Waals surface area contributed by atoms with E-state index in [0.29, 0.717) is 10.9 Å². The highest BCUT2D eigenvalue weighted by Gasteiger charge is 2.35. The zero-order valence-electron chi connectivity index (χ0n) is 14.7. The Morgan fingerprint density at radius 2 is 2.04 bits per heavy atom. The van der Waals surface area contributed by atoms with Crippen molar-refractivity contribution < 1.29 is 22.8 Å². The van der Waals surface area contributed by atoms with Crippen LogP contribution in [0.3, 0.4) is 0 Å². The topological polar surface area (TPSA) is 88.2 Å². The molecule has 1 amide bonds. The minimum atomic E-state index is -4.22. The van der Waals surface area contributed by atoms with Gasteiger partial charge in [0.2, 0.25) is 0 Å². The van der Waals surface area contributed by atoms with E-state index in [-0.39, 0.29) is 11.6 Å². The number of nitrogens with zero attached hydrogens (tertiary/aromatic N) is 2. The zero-order valence-corrected chi connectivity index (χ0v) is 15.5. The maximum Gasteiger partial charge on any atom is 0.328 e. The van der Waals surface area contributed by atoms with Gasteiger partial charge in [0.15, 0.2) is 6.23 Å². The Morgan fingerprint density at radius 1 is 1.36 bits per heavy atom.